The number of aryl methyl sites for hydroxylation is 3. The molecule has 3 N–H and O–H groups in total. The Kier molecular flexibility index (Phi) is 8.37. The molecule has 3 heterocycles. The molecule has 0 aliphatic rings. The summed E-state index contributed by atoms with van der Waals surface area (Å²) in [5.41, 5.74) is 7.18. The number of hydrogen-bond donors (Lipinski definition) is 2. The number of carbonyl (C=O) groups is 2. The third-order valence-electron chi connectivity index (χ3n) is 4.95. The monoisotopic (exact) mass is 494 g/mol. The van der Waals surface area contributed by atoms with Crippen LogP contribution < -0.4 is 11.3 Å². The highest BCUT2D eigenvalue weighted by Gasteiger charge is 2.16. The van der Waals surface area contributed by atoms with E-state index in [1.54, 1.807) is 33.3 Å². The number of aromatic nitrogens is 5. The second-order valence-corrected chi connectivity index (χ2v) is 8.56. The van der Waals surface area contributed by atoms with Crippen LogP contribution in [0.25, 0.3) is 16.7 Å². The van der Waals surface area contributed by atoms with Gasteiger partial charge in [-0.05, 0) is 43.0 Å². The molecule has 0 saturated carbocycles. The Bertz CT molecular complexity index is 1430. The zero-order valence-electron chi connectivity index (χ0n) is 19.6. The van der Waals surface area contributed by atoms with E-state index < -0.39 is 11.9 Å². The van der Waals surface area contributed by atoms with E-state index >= 15 is 0 Å². The van der Waals surface area contributed by atoms with Crippen molar-refractivity contribution in [1.82, 2.24) is 24.3 Å². The first kappa shape index (κ1) is 25.6. The lowest BCUT2D eigenvalue weighted by Gasteiger charge is -2.10. The van der Waals surface area contributed by atoms with Gasteiger partial charge in [0.25, 0.3) is 11.5 Å². The fourth-order valence-corrected chi connectivity index (χ4v) is 3.87. The Morgan fingerprint density at radius 3 is 2.54 bits per heavy atom. The largest absolute Gasteiger partial charge is 0.481 e. The number of aliphatic carboxylic acids is 1. The molecule has 0 spiro atoms. The van der Waals surface area contributed by atoms with Crippen molar-refractivity contribution >= 4 is 34.5 Å². The lowest BCUT2D eigenvalue weighted by molar-refractivity contribution is -0.134. The molecule has 0 atom stereocenters. The van der Waals surface area contributed by atoms with Crippen molar-refractivity contribution in [2.45, 2.75) is 38.1 Å². The summed E-state index contributed by atoms with van der Waals surface area (Å²) < 4.78 is 3.25. The average molecular weight is 495 g/mol. The van der Waals surface area contributed by atoms with E-state index in [1.165, 1.54) is 6.07 Å². The molecule has 0 unspecified atom stereocenters. The fourth-order valence-electron chi connectivity index (χ4n) is 3.43. The van der Waals surface area contributed by atoms with Crippen molar-refractivity contribution in [1.29, 1.82) is 0 Å². The van der Waals surface area contributed by atoms with Crippen LogP contribution in [0.15, 0.2) is 58.4 Å². The summed E-state index contributed by atoms with van der Waals surface area (Å²) >= 11 is 1.65. The number of carboxylic acids is 1. The number of hydrogen-bond acceptors (Lipinski definition) is 7. The number of amides is 1. The number of rotatable bonds is 7. The van der Waals surface area contributed by atoms with Crippen LogP contribution in [0, 0.1) is 6.92 Å². The number of pyridine rings is 2. The van der Waals surface area contributed by atoms with Gasteiger partial charge in [0.1, 0.15) is 5.82 Å². The first-order valence-corrected chi connectivity index (χ1v) is 11.9. The Labute approximate surface area is 205 Å². The van der Waals surface area contributed by atoms with Gasteiger partial charge in [0, 0.05) is 42.4 Å². The van der Waals surface area contributed by atoms with Gasteiger partial charge in [-0.15, -0.1) is 16.9 Å². The smallest absolute Gasteiger partial charge is 0.300 e. The molecule has 1 aromatic carbocycles. The van der Waals surface area contributed by atoms with E-state index in [0.29, 0.717) is 30.4 Å². The van der Waals surface area contributed by atoms with Crippen molar-refractivity contribution in [3.8, 4) is 5.82 Å². The molecule has 3 aromatic heterocycles. The predicted molar refractivity (Wildman–Crippen MR) is 134 cm³/mol. The summed E-state index contributed by atoms with van der Waals surface area (Å²) in [6, 6.07) is 13.2. The molecule has 0 aliphatic carbocycles. The van der Waals surface area contributed by atoms with Crippen LogP contribution in [0.2, 0.25) is 0 Å². The highest BCUT2D eigenvalue weighted by atomic mass is 32.2. The normalized spacial score (nSPS) is 10.6. The van der Waals surface area contributed by atoms with E-state index in [4.69, 9.17) is 20.6 Å². The van der Waals surface area contributed by atoms with Gasteiger partial charge in [-0.2, -0.15) is 4.68 Å². The number of carboxylic acid groups (broad SMARTS) is 1. The van der Waals surface area contributed by atoms with E-state index in [9.17, 15) is 9.59 Å². The summed E-state index contributed by atoms with van der Waals surface area (Å²) in [6.07, 6.45) is 4.14. The summed E-state index contributed by atoms with van der Waals surface area (Å²) in [5, 5.41) is 13.0. The second kappa shape index (κ2) is 11.4. The van der Waals surface area contributed by atoms with E-state index in [2.05, 4.69) is 22.2 Å². The highest BCUT2D eigenvalue weighted by Crippen LogP contribution is 2.25. The van der Waals surface area contributed by atoms with Gasteiger partial charge in [-0.1, -0.05) is 12.1 Å². The average Bonchev–Trinajstić information content (AvgIpc) is 3.19. The number of thioether (sulfide) groups is 1. The topological polar surface area (TPSA) is 146 Å². The van der Waals surface area contributed by atoms with Crippen molar-refractivity contribution < 1.29 is 14.7 Å². The first-order chi connectivity index (χ1) is 16.7. The minimum atomic E-state index is -0.833. The summed E-state index contributed by atoms with van der Waals surface area (Å²) in [6.45, 7) is 3.54. The van der Waals surface area contributed by atoms with Crippen LogP contribution in [-0.4, -0.2) is 47.6 Å². The Morgan fingerprint density at radius 2 is 1.89 bits per heavy atom. The van der Waals surface area contributed by atoms with Crippen LogP contribution in [0.5, 0.6) is 0 Å². The number of benzene rings is 1. The summed E-state index contributed by atoms with van der Waals surface area (Å²) in [4.78, 5) is 42.9. The summed E-state index contributed by atoms with van der Waals surface area (Å²) in [7, 11) is 0. The van der Waals surface area contributed by atoms with E-state index in [-0.39, 0.29) is 12.0 Å². The third kappa shape index (κ3) is 6.76. The SMILES string of the molecule is CC(=O)O.CSc1ccc2c(C)cc(-n3nc(CC(N)=O)nc3CCn3ccccc3=O)nc2c1. The maximum atomic E-state index is 12.0. The van der Waals surface area contributed by atoms with Gasteiger partial charge in [0.05, 0.1) is 11.9 Å². The standard InChI is InChI=1S/C22H22N6O2S.C2H4O2/c1-14-11-21(24-17-12-15(31-2)6-7-16(14)17)28-20(25-19(26-28)13-18(23)29)8-10-27-9-4-3-5-22(27)30;1-2(3)4/h3-7,9,11-12H,8,10,13H2,1-2H3,(H2,23,29);1H3,(H,3,4). The second-order valence-electron chi connectivity index (χ2n) is 7.68. The number of nitrogens with two attached hydrogens (primary N) is 1. The molecule has 35 heavy (non-hydrogen) atoms. The molecule has 0 aliphatic heterocycles. The van der Waals surface area contributed by atoms with Gasteiger partial charge >= 0.3 is 0 Å². The minimum absolute atomic E-state index is 0.0610. The van der Waals surface area contributed by atoms with Gasteiger partial charge in [0.2, 0.25) is 5.91 Å². The quantitative estimate of drug-likeness (QED) is 0.372. The van der Waals surface area contributed by atoms with Crippen molar-refractivity contribution in [3.05, 3.63) is 76.2 Å². The maximum Gasteiger partial charge on any atom is 0.300 e. The molecule has 0 fully saturated rings. The minimum Gasteiger partial charge on any atom is -0.481 e. The Morgan fingerprint density at radius 1 is 1.14 bits per heavy atom. The predicted octanol–water partition coefficient (Wildman–Crippen LogP) is 2.37. The fraction of sp³-hybridized carbons (Fsp3) is 0.250. The molecule has 0 radical (unpaired) electrons. The highest BCUT2D eigenvalue weighted by molar-refractivity contribution is 7.98. The molecule has 0 saturated heterocycles. The number of primary amides is 1. The number of nitrogens with zero attached hydrogens (tertiary/aromatic N) is 5. The Hall–Kier alpha value is -3.99. The molecule has 0 bridgehead atoms. The van der Waals surface area contributed by atoms with Crippen molar-refractivity contribution in [2.24, 2.45) is 5.73 Å². The van der Waals surface area contributed by atoms with Crippen LogP contribution in [0.4, 0.5) is 0 Å². The molecular formula is C24H26N6O4S. The molecular weight excluding hydrogens is 468 g/mol. The van der Waals surface area contributed by atoms with Crippen LogP contribution in [-0.2, 0) is 29.0 Å². The summed E-state index contributed by atoms with van der Waals surface area (Å²) in [5.74, 6) is 0.219. The van der Waals surface area contributed by atoms with Crippen LogP contribution in [0.1, 0.15) is 24.1 Å². The Balaban J connectivity index is 0.000000795. The van der Waals surface area contributed by atoms with Gasteiger partial charge in [0.15, 0.2) is 11.6 Å². The molecule has 4 rings (SSSR count). The molecule has 10 nitrogen and oxygen atoms in total. The first-order valence-electron chi connectivity index (χ1n) is 10.7. The van der Waals surface area contributed by atoms with Gasteiger partial charge in [-0.3, -0.25) is 14.4 Å². The molecule has 4 aromatic rings. The van der Waals surface area contributed by atoms with Crippen molar-refractivity contribution in [3.63, 3.8) is 0 Å². The molecule has 11 heteroatoms. The zero-order valence-corrected chi connectivity index (χ0v) is 20.5. The zero-order chi connectivity index (χ0) is 25.5. The maximum absolute atomic E-state index is 12.0. The van der Waals surface area contributed by atoms with Crippen LogP contribution in [0.3, 0.4) is 0 Å². The number of fused-ring (bicyclic) bond motifs is 1. The lowest BCUT2D eigenvalue weighted by Crippen LogP contribution is -2.20. The number of carbonyl (C=O) groups excluding carboxylic acids is 1. The lowest BCUT2D eigenvalue weighted by atomic mass is 10.1. The molecule has 182 valence electrons. The van der Waals surface area contributed by atoms with E-state index in [1.807, 2.05) is 31.4 Å². The van der Waals surface area contributed by atoms with Gasteiger partial charge in [-0.25, -0.2) is 9.97 Å². The molecule has 1 amide bonds. The van der Waals surface area contributed by atoms with E-state index in [0.717, 1.165) is 28.3 Å². The van der Waals surface area contributed by atoms with Gasteiger partial charge < -0.3 is 15.4 Å². The van der Waals surface area contributed by atoms with Crippen molar-refractivity contribution in [2.75, 3.05) is 6.26 Å². The van der Waals surface area contributed by atoms with Crippen LogP contribution >= 0.6 is 11.8 Å². The third-order valence-corrected chi connectivity index (χ3v) is 5.68.